The fraction of sp³-hybridized carbons (Fsp3) is 0.900. The minimum absolute atomic E-state index is 0.0187. The lowest BCUT2D eigenvalue weighted by molar-refractivity contribution is 0.0337. The fourth-order valence-electron chi connectivity index (χ4n) is 0.858. The third kappa shape index (κ3) is 11.2. The summed E-state index contributed by atoms with van der Waals surface area (Å²) in [4.78, 5) is 10.9. The summed E-state index contributed by atoms with van der Waals surface area (Å²) in [6, 6.07) is 0. The number of hydrogen-bond donors (Lipinski definition) is 2. The van der Waals surface area contributed by atoms with Crippen LogP contribution in [0.1, 0.15) is 13.3 Å². The molecule has 96 valence electrons. The molecule has 0 atom stereocenters. The van der Waals surface area contributed by atoms with Crippen LogP contribution in [0.5, 0.6) is 0 Å². The predicted molar refractivity (Wildman–Crippen MR) is 58.4 cm³/mol. The van der Waals surface area contributed by atoms with Crippen molar-refractivity contribution in [3.05, 3.63) is 0 Å². The zero-order chi connectivity index (χ0) is 12.1. The van der Waals surface area contributed by atoms with E-state index in [0.717, 1.165) is 6.42 Å². The third-order valence-electron chi connectivity index (χ3n) is 1.56. The van der Waals surface area contributed by atoms with Crippen LogP contribution in [0, 0.1) is 0 Å². The van der Waals surface area contributed by atoms with E-state index in [2.05, 4.69) is 5.32 Å². The normalized spacial score (nSPS) is 10.1. The van der Waals surface area contributed by atoms with E-state index in [1.807, 2.05) is 6.92 Å². The molecule has 6 nitrogen and oxygen atoms in total. The Morgan fingerprint density at radius 2 is 1.81 bits per heavy atom. The smallest absolute Gasteiger partial charge is 0.407 e. The second kappa shape index (κ2) is 12.2. The topological polar surface area (TPSA) is 77.0 Å². The summed E-state index contributed by atoms with van der Waals surface area (Å²) in [6.07, 6.45) is 0.397. The molecule has 2 N–H and O–H groups in total. The molecule has 0 radical (unpaired) electrons. The Hall–Kier alpha value is -0.850. The molecule has 0 unspecified atom stereocenters. The van der Waals surface area contributed by atoms with Gasteiger partial charge in [0.25, 0.3) is 0 Å². The van der Waals surface area contributed by atoms with Crippen molar-refractivity contribution in [1.29, 1.82) is 0 Å². The molecule has 0 bridgehead atoms. The number of rotatable bonds is 10. The highest BCUT2D eigenvalue weighted by Gasteiger charge is 1.98. The van der Waals surface area contributed by atoms with Crippen molar-refractivity contribution >= 4 is 6.09 Å². The number of amides is 1. The molecular weight excluding hydrogens is 214 g/mol. The largest absolute Gasteiger partial charge is 0.450 e. The van der Waals surface area contributed by atoms with Gasteiger partial charge in [-0.1, -0.05) is 6.92 Å². The van der Waals surface area contributed by atoms with Gasteiger partial charge in [-0.2, -0.15) is 0 Å². The van der Waals surface area contributed by atoms with E-state index in [9.17, 15) is 4.79 Å². The van der Waals surface area contributed by atoms with Crippen molar-refractivity contribution in [2.24, 2.45) is 0 Å². The quantitative estimate of drug-likeness (QED) is 0.527. The second-order valence-corrected chi connectivity index (χ2v) is 3.01. The number of ether oxygens (including phenoxy) is 3. The molecule has 0 aliphatic carbocycles. The number of hydrogen-bond acceptors (Lipinski definition) is 5. The maximum absolute atomic E-state index is 10.9. The van der Waals surface area contributed by atoms with Gasteiger partial charge in [0.1, 0.15) is 0 Å². The zero-order valence-corrected chi connectivity index (χ0v) is 9.74. The summed E-state index contributed by atoms with van der Waals surface area (Å²) >= 11 is 0. The van der Waals surface area contributed by atoms with Crippen LogP contribution < -0.4 is 5.32 Å². The Kier molecular flexibility index (Phi) is 11.6. The fourth-order valence-corrected chi connectivity index (χ4v) is 0.858. The molecule has 0 aromatic rings. The molecule has 0 heterocycles. The van der Waals surface area contributed by atoms with Crippen LogP contribution in [-0.2, 0) is 14.2 Å². The molecule has 0 saturated carbocycles. The second-order valence-electron chi connectivity index (χ2n) is 3.01. The number of aliphatic hydroxyl groups is 1. The zero-order valence-electron chi connectivity index (χ0n) is 9.74. The average Bonchev–Trinajstić information content (AvgIpc) is 2.30. The molecule has 6 heteroatoms. The first kappa shape index (κ1) is 15.2. The van der Waals surface area contributed by atoms with E-state index in [4.69, 9.17) is 19.3 Å². The predicted octanol–water partition coefficient (Wildman–Crippen LogP) is 0.148. The maximum Gasteiger partial charge on any atom is 0.407 e. The van der Waals surface area contributed by atoms with Gasteiger partial charge in [0.2, 0.25) is 0 Å². The van der Waals surface area contributed by atoms with Crippen molar-refractivity contribution in [1.82, 2.24) is 5.32 Å². The van der Waals surface area contributed by atoms with Crippen molar-refractivity contribution in [3.63, 3.8) is 0 Å². The molecule has 0 aliphatic heterocycles. The summed E-state index contributed by atoms with van der Waals surface area (Å²) < 4.78 is 14.9. The lowest BCUT2D eigenvalue weighted by Crippen LogP contribution is -2.28. The first-order chi connectivity index (χ1) is 7.81. The summed E-state index contributed by atoms with van der Waals surface area (Å²) in [7, 11) is 0. The van der Waals surface area contributed by atoms with Crippen molar-refractivity contribution in [2.75, 3.05) is 46.2 Å². The summed E-state index contributed by atoms with van der Waals surface area (Å²) in [5.74, 6) is 0. The van der Waals surface area contributed by atoms with Crippen LogP contribution in [0.15, 0.2) is 0 Å². The average molecular weight is 235 g/mol. The van der Waals surface area contributed by atoms with E-state index in [1.54, 1.807) is 0 Å². The van der Waals surface area contributed by atoms with Crippen molar-refractivity contribution in [3.8, 4) is 0 Å². The van der Waals surface area contributed by atoms with E-state index in [-0.39, 0.29) is 6.61 Å². The molecule has 1 amide bonds. The molecule has 0 saturated heterocycles. The van der Waals surface area contributed by atoms with Gasteiger partial charge in [-0.25, -0.2) is 4.79 Å². The maximum atomic E-state index is 10.9. The van der Waals surface area contributed by atoms with Gasteiger partial charge in [0.15, 0.2) is 0 Å². The van der Waals surface area contributed by atoms with Crippen LogP contribution in [0.3, 0.4) is 0 Å². The molecule has 16 heavy (non-hydrogen) atoms. The molecule has 0 rings (SSSR count). The van der Waals surface area contributed by atoms with E-state index < -0.39 is 6.09 Å². The molecule has 0 aromatic heterocycles. The van der Waals surface area contributed by atoms with Gasteiger partial charge in [0.05, 0.1) is 39.6 Å². The highest BCUT2D eigenvalue weighted by atomic mass is 16.5. The Bertz CT molecular complexity index is 165. The number of carbonyl (C=O) groups excluding carboxylic acids is 1. The highest BCUT2D eigenvalue weighted by molar-refractivity contribution is 5.66. The van der Waals surface area contributed by atoms with E-state index in [0.29, 0.717) is 39.6 Å². The summed E-state index contributed by atoms with van der Waals surface area (Å²) in [5.41, 5.74) is 0. The van der Waals surface area contributed by atoms with Gasteiger partial charge in [-0.15, -0.1) is 0 Å². The Morgan fingerprint density at radius 3 is 2.44 bits per heavy atom. The molecule has 0 fully saturated rings. The van der Waals surface area contributed by atoms with Crippen LogP contribution in [0.2, 0.25) is 0 Å². The summed E-state index contributed by atoms with van der Waals surface area (Å²) in [6.45, 7) is 4.44. The lowest BCUT2D eigenvalue weighted by atomic mass is 10.5. The van der Waals surface area contributed by atoms with Gasteiger partial charge in [-0.3, -0.25) is 0 Å². The Morgan fingerprint density at radius 1 is 1.12 bits per heavy atom. The van der Waals surface area contributed by atoms with Gasteiger partial charge < -0.3 is 24.6 Å². The first-order valence-corrected chi connectivity index (χ1v) is 5.48. The third-order valence-corrected chi connectivity index (χ3v) is 1.56. The molecule has 0 aromatic carbocycles. The van der Waals surface area contributed by atoms with Gasteiger partial charge in [0, 0.05) is 6.54 Å². The van der Waals surface area contributed by atoms with Crippen LogP contribution >= 0.6 is 0 Å². The SMILES string of the molecule is CCCOC(=O)NCCOCCOCCO. The molecule has 0 aliphatic rings. The van der Waals surface area contributed by atoms with Crippen LogP contribution in [0.4, 0.5) is 4.79 Å². The number of aliphatic hydroxyl groups excluding tert-OH is 1. The Labute approximate surface area is 95.9 Å². The number of alkyl carbamates (subject to hydrolysis) is 1. The van der Waals surface area contributed by atoms with Crippen LogP contribution in [-0.4, -0.2) is 57.4 Å². The molecule has 0 spiro atoms. The minimum Gasteiger partial charge on any atom is -0.450 e. The monoisotopic (exact) mass is 235 g/mol. The van der Waals surface area contributed by atoms with E-state index in [1.165, 1.54) is 0 Å². The summed E-state index contributed by atoms with van der Waals surface area (Å²) in [5, 5.41) is 11.0. The highest BCUT2D eigenvalue weighted by Crippen LogP contribution is 1.82. The minimum atomic E-state index is -0.415. The van der Waals surface area contributed by atoms with E-state index >= 15 is 0 Å². The first-order valence-electron chi connectivity index (χ1n) is 5.48. The number of carbonyl (C=O) groups is 1. The molecular formula is C10H21NO5. The van der Waals surface area contributed by atoms with Crippen molar-refractivity contribution in [2.45, 2.75) is 13.3 Å². The van der Waals surface area contributed by atoms with Crippen molar-refractivity contribution < 1.29 is 24.1 Å². The lowest BCUT2D eigenvalue weighted by Gasteiger charge is -2.07. The van der Waals surface area contributed by atoms with Crippen LogP contribution in [0.25, 0.3) is 0 Å². The standard InChI is InChI=1S/C10H21NO5/c1-2-5-16-10(13)11-3-6-14-8-9-15-7-4-12/h12H,2-9H2,1H3,(H,11,13). The Balaban J connectivity index is 3.05. The number of nitrogens with one attached hydrogen (secondary N) is 1. The van der Waals surface area contributed by atoms with Gasteiger partial charge in [-0.05, 0) is 6.42 Å². The van der Waals surface area contributed by atoms with Gasteiger partial charge >= 0.3 is 6.09 Å².